The molecule has 1 saturated carbocycles. The van der Waals surface area contributed by atoms with E-state index >= 15 is 0 Å². The third-order valence-corrected chi connectivity index (χ3v) is 4.23. The average Bonchev–Trinajstić information content (AvgIpc) is 3.05. The van der Waals surface area contributed by atoms with Gasteiger partial charge in [0, 0.05) is 38.3 Å². The van der Waals surface area contributed by atoms with Gasteiger partial charge in [0.2, 0.25) is 0 Å². The minimum Gasteiger partial charge on any atom is -0.374 e. The molecule has 1 aliphatic carbocycles. The Balaban J connectivity index is 1.79. The number of hydrogen-bond donors (Lipinski definition) is 1. The number of benzene rings is 1. The van der Waals surface area contributed by atoms with Crippen molar-refractivity contribution in [3.63, 3.8) is 0 Å². The molecule has 3 rings (SSSR count). The van der Waals surface area contributed by atoms with E-state index in [0.717, 1.165) is 18.6 Å². The fraction of sp³-hybridized carbons (Fsp3) is 0.533. The fourth-order valence-corrected chi connectivity index (χ4v) is 2.90. The molecule has 1 aliphatic rings. The van der Waals surface area contributed by atoms with Crippen molar-refractivity contribution < 1.29 is 0 Å². The zero-order chi connectivity index (χ0) is 13.5. The van der Waals surface area contributed by atoms with Crippen LogP contribution < -0.4 is 10.2 Å². The van der Waals surface area contributed by atoms with Crippen molar-refractivity contribution in [3.05, 3.63) is 24.5 Å². The van der Waals surface area contributed by atoms with E-state index in [9.17, 15) is 0 Å². The topological polar surface area (TPSA) is 33.1 Å². The SMILES string of the molecule is CNCC1(CN(C)c2ccc3c(c2)ncn3C)CC1. The van der Waals surface area contributed by atoms with Crippen LogP contribution in [0.3, 0.4) is 0 Å². The van der Waals surface area contributed by atoms with Crippen LogP contribution in [0.5, 0.6) is 0 Å². The van der Waals surface area contributed by atoms with Gasteiger partial charge in [-0.25, -0.2) is 4.98 Å². The molecule has 19 heavy (non-hydrogen) atoms. The second-order valence-corrected chi connectivity index (χ2v) is 5.91. The van der Waals surface area contributed by atoms with Crippen molar-refractivity contribution >= 4 is 16.7 Å². The van der Waals surface area contributed by atoms with E-state index in [2.05, 4.69) is 45.0 Å². The highest BCUT2D eigenvalue weighted by Gasteiger charge is 2.42. The smallest absolute Gasteiger partial charge is 0.0955 e. The van der Waals surface area contributed by atoms with Crippen molar-refractivity contribution in [1.82, 2.24) is 14.9 Å². The number of imidazole rings is 1. The fourth-order valence-electron chi connectivity index (χ4n) is 2.90. The van der Waals surface area contributed by atoms with Crippen LogP contribution in [0.2, 0.25) is 0 Å². The minimum atomic E-state index is 0.489. The molecule has 1 N–H and O–H groups in total. The summed E-state index contributed by atoms with van der Waals surface area (Å²) in [7, 11) is 6.25. The molecule has 2 aromatic rings. The monoisotopic (exact) mass is 258 g/mol. The molecule has 1 aromatic carbocycles. The van der Waals surface area contributed by atoms with Crippen molar-refractivity contribution in [3.8, 4) is 0 Å². The first-order valence-electron chi connectivity index (χ1n) is 6.90. The molecule has 0 radical (unpaired) electrons. The number of aromatic nitrogens is 2. The summed E-state index contributed by atoms with van der Waals surface area (Å²) in [5.41, 5.74) is 4.01. The average molecular weight is 258 g/mol. The van der Waals surface area contributed by atoms with Crippen molar-refractivity contribution in [1.29, 1.82) is 0 Å². The number of aryl methyl sites for hydroxylation is 1. The summed E-state index contributed by atoms with van der Waals surface area (Å²) in [6, 6.07) is 6.54. The molecule has 1 heterocycles. The maximum Gasteiger partial charge on any atom is 0.0955 e. The Bertz CT molecular complexity index is 583. The van der Waals surface area contributed by atoms with E-state index in [4.69, 9.17) is 0 Å². The Morgan fingerprint density at radius 1 is 1.42 bits per heavy atom. The van der Waals surface area contributed by atoms with Gasteiger partial charge in [-0.2, -0.15) is 0 Å². The van der Waals surface area contributed by atoms with E-state index in [1.54, 1.807) is 0 Å². The lowest BCUT2D eigenvalue weighted by Gasteiger charge is -2.25. The van der Waals surface area contributed by atoms with Crippen LogP contribution in [0.4, 0.5) is 5.69 Å². The number of nitrogens with zero attached hydrogens (tertiary/aromatic N) is 3. The van der Waals surface area contributed by atoms with Crippen molar-refractivity contribution in [2.45, 2.75) is 12.8 Å². The predicted octanol–water partition coefficient (Wildman–Crippen LogP) is 2.01. The van der Waals surface area contributed by atoms with Gasteiger partial charge in [-0.15, -0.1) is 0 Å². The first kappa shape index (κ1) is 12.5. The molecule has 0 spiro atoms. The van der Waals surface area contributed by atoms with E-state index < -0.39 is 0 Å². The van der Waals surface area contributed by atoms with Gasteiger partial charge in [-0.1, -0.05) is 0 Å². The minimum absolute atomic E-state index is 0.489. The number of hydrogen-bond acceptors (Lipinski definition) is 3. The molecule has 4 nitrogen and oxygen atoms in total. The Morgan fingerprint density at radius 2 is 2.21 bits per heavy atom. The van der Waals surface area contributed by atoms with E-state index in [0.29, 0.717) is 5.41 Å². The second kappa shape index (κ2) is 4.53. The lowest BCUT2D eigenvalue weighted by atomic mass is 10.1. The third kappa shape index (κ3) is 2.32. The molecule has 0 aliphatic heterocycles. The van der Waals surface area contributed by atoms with Crippen LogP contribution in [0.1, 0.15) is 12.8 Å². The standard InChI is InChI=1S/C15H22N4/c1-16-9-15(6-7-15)10-18(2)12-4-5-14-13(8-12)17-11-19(14)3/h4-5,8,11,16H,6-7,9-10H2,1-3H3. The third-order valence-electron chi connectivity index (χ3n) is 4.23. The molecular formula is C15H22N4. The molecule has 4 heteroatoms. The Hall–Kier alpha value is -1.55. The molecule has 0 unspecified atom stereocenters. The Morgan fingerprint density at radius 3 is 2.89 bits per heavy atom. The van der Waals surface area contributed by atoms with Gasteiger partial charge in [-0.3, -0.25) is 0 Å². The number of fused-ring (bicyclic) bond motifs is 1. The second-order valence-electron chi connectivity index (χ2n) is 5.91. The van der Waals surface area contributed by atoms with Gasteiger partial charge in [0.05, 0.1) is 17.4 Å². The summed E-state index contributed by atoms with van der Waals surface area (Å²) < 4.78 is 2.06. The summed E-state index contributed by atoms with van der Waals surface area (Å²) in [6.45, 7) is 2.23. The molecule has 0 saturated heterocycles. The summed E-state index contributed by atoms with van der Waals surface area (Å²) in [5.74, 6) is 0. The van der Waals surface area contributed by atoms with Crippen LogP contribution in [0, 0.1) is 5.41 Å². The Labute approximate surface area is 114 Å². The van der Waals surface area contributed by atoms with Crippen LogP contribution in [0.25, 0.3) is 11.0 Å². The lowest BCUT2D eigenvalue weighted by Crippen LogP contribution is -2.32. The zero-order valence-corrected chi connectivity index (χ0v) is 12.0. The quantitative estimate of drug-likeness (QED) is 0.890. The summed E-state index contributed by atoms with van der Waals surface area (Å²) in [4.78, 5) is 6.79. The molecule has 0 bridgehead atoms. The largest absolute Gasteiger partial charge is 0.374 e. The molecule has 102 valence electrons. The van der Waals surface area contributed by atoms with Crippen LogP contribution in [-0.4, -0.2) is 36.7 Å². The first-order chi connectivity index (χ1) is 9.13. The number of rotatable bonds is 5. The van der Waals surface area contributed by atoms with Crippen molar-refractivity contribution in [2.75, 3.05) is 32.1 Å². The summed E-state index contributed by atoms with van der Waals surface area (Å²) >= 11 is 0. The van der Waals surface area contributed by atoms with Gasteiger partial charge >= 0.3 is 0 Å². The highest BCUT2D eigenvalue weighted by Crippen LogP contribution is 2.46. The van der Waals surface area contributed by atoms with E-state index in [1.165, 1.54) is 24.0 Å². The molecular weight excluding hydrogens is 236 g/mol. The Kier molecular flexibility index (Phi) is 2.97. The maximum absolute atomic E-state index is 4.43. The van der Waals surface area contributed by atoms with Gasteiger partial charge in [0.15, 0.2) is 0 Å². The highest BCUT2D eigenvalue weighted by atomic mass is 15.1. The van der Waals surface area contributed by atoms with Gasteiger partial charge in [-0.05, 0) is 38.1 Å². The first-order valence-corrected chi connectivity index (χ1v) is 6.90. The van der Waals surface area contributed by atoms with Gasteiger partial charge in [0.1, 0.15) is 0 Å². The van der Waals surface area contributed by atoms with E-state index in [-0.39, 0.29) is 0 Å². The van der Waals surface area contributed by atoms with E-state index in [1.807, 2.05) is 20.4 Å². The van der Waals surface area contributed by atoms with Gasteiger partial charge in [0.25, 0.3) is 0 Å². The zero-order valence-electron chi connectivity index (χ0n) is 12.0. The predicted molar refractivity (Wildman–Crippen MR) is 79.6 cm³/mol. The number of anilines is 1. The van der Waals surface area contributed by atoms with Gasteiger partial charge < -0.3 is 14.8 Å². The van der Waals surface area contributed by atoms with Crippen LogP contribution in [0.15, 0.2) is 24.5 Å². The maximum atomic E-state index is 4.43. The molecule has 1 aromatic heterocycles. The molecule has 0 atom stereocenters. The summed E-state index contributed by atoms with van der Waals surface area (Å²) in [5, 5.41) is 3.32. The summed E-state index contributed by atoms with van der Waals surface area (Å²) in [6.07, 6.45) is 4.55. The van der Waals surface area contributed by atoms with Crippen molar-refractivity contribution in [2.24, 2.45) is 12.5 Å². The molecule has 0 amide bonds. The number of nitrogens with one attached hydrogen (secondary N) is 1. The van der Waals surface area contributed by atoms with Crippen LogP contribution >= 0.6 is 0 Å². The van der Waals surface area contributed by atoms with Crippen LogP contribution in [-0.2, 0) is 7.05 Å². The lowest BCUT2D eigenvalue weighted by molar-refractivity contribution is 0.482. The normalized spacial score (nSPS) is 16.8. The molecule has 1 fully saturated rings. The highest BCUT2D eigenvalue weighted by molar-refractivity contribution is 5.79.